The van der Waals surface area contributed by atoms with Gasteiger partial charge >= 0.3 is 0 Å². The van der Waals surface area contributed by atoms with Crippen LogP contribution in [0.25, 0.3) is 55.4 Å². The summed E-state index contributed by atoms with van der Waals surface area (Å²) in [5, 5.41) is 0.351. The Morgan fingerprint density at radius 2 is 0.962 bits per heavy atom. The second kappa shape index (κ2) is 23.8. The Bertz CT molecular complexity index is 4050. The van der Waals surface area contributed by atoms with E-state index in [2.05, 4.69) is 83.9 Å². The molecular formula is C53H41BrCl3F3N12O4S2. The number of benzene rings is 5. The minimum atomic E-state index is -4.00. The number of aromatic nitrogens is 8. The molecule has 0 amide bonds. The molecule has 1 saturated heterocycles. The van der Waals surface area contributed by atoms with Crippen molar-refractivity contribution in [1.29, 1.82) is 0 Å². The monoisotopic (exact) mass is 1210 g/mol. The fourth-order valence-electron chi connectivity index (χ4n) is 7.92. The minimum Gasteiger partial charge on any atom is -0.353 e. The van der Waals surface area contributed by atoms with Gasteiger partial charge in [0.15, 0.2) is 10.3 Å². The highest BCUT2D eigenvalue weighted by molar-refractivity contribution is 9.10. The lowest BCUT2D eigenvalue weighted by Gasteiger charge is -2.37. The van der Waals surface area contributed by atoms with Crippen molar-refractivity contribution in [2.24, 2.45) is 0 Å². The number of rotatable bonds is 10. The van der Waals surface area contributed by atoms with Crippen molar-refractivity contribution < 1.29 is 30.0 Å². The number of pyridine rings is 2. The van der Waals surface area contributed by atoms with Gasteiger partial charge in [0, 0.05) is 60.2 Å². The van der Waals surface area contributed by atoms with E-state index >= 15 is 0 Å². The fraction of sp³-hybridized carbons (Fsp3) is 0.132. The molecule has 398 valence electrons. The second-order valence-electron chi connectivity index (χ2n) is 17.5. The number of nitrogens with one attached hydrogen (secondary N) is 2. The summed E-state index contributed by atoms with van der Waals surface area (Å²) in [5.41, 5.74) is 6.72. The Kier molecular flexibility index (Phi) is 17.0. The SMILES string of the molecule is CC(C)N1CCN(c2cnc3ccc(-c4cnc(Cl)c(NS(=O)(=O)c5ccc(F)cc5)c4)cc3n2)CC1.Clc1cnc2ccc(Br)cc2n1.O=S(=O)(Nc1cc(-c2ccc3ncc(F)nc3c2)cnc1Cl)c1ccc(F)cc1. The highest BCUT2D eigenvalue weighted by Crippen LogP contribution is 2.32. The molecule has 11 rings (SSSR count). The van der Waals surface area contributed by atoms with Crippen molar-refractivity contribution >= 4 is 121 Å². The van der Waals surface area contributed by atoms with Crippen LogP contribution in [0.1, 0.15) is 13.8 Å². The van der Waals surface area contributed by atoms with Crippen LogP contribution >= 0.6 is 50.7 Å². The molecule has 0 radical (unpaired) electrons. The third-order valence-corrected chi connectivity index (χ3v) is 16.0. The predicted molar refractivity (Wildman–Crippen MR) is 301 cm³/mol. The fourth-order valence-corrected chi connectivity index (χ4v) is 10.9. The van der Waals surface area contributed by atoms with Gasteiger partial charge in [-0.15, -0.1) is 0 Å². The third kappa shape index (κ3) is 13.6. The van der Waals surface area contributed by atoms with Crippen LogP contribution in [0.2, 0.25) is 15.5 Å². The molecular weight excluding hydrogens is 1180 g/mol. The number of fused-ring (bicyclic) bond motifs is 3. The van der Waals surface area contributed by atoms with E-state index in [1.165, 1.54) is 30.6 Å². The molecule has 0 atom stereocenters. The highest BCUT2D eigenvalue weighted by atomic mass is 79.9. The van der Waals surface area contributed by atoms with Crippen LogP contribution in [0, 0.1) is 17.6 Å². The molecule has 25 heteroatoms. The first-order valence-corrected chi connectivity index (χ1v) is 28.3. The number of nitrogens with zero attached hydrogens (tertiary/aromatic N) is 10. The quantitative estimate of drug-likeness (QED) is 0.122. The van der Waals surface area contributed by atoms with E-state index in [4.69, 9.17) is 39.8 Å². The molecule has 0 spiro atoms. The second-order valence-corrected chi connectivity index (χ2v) is 22.9. The maximum Gasteiger partial charge on any atom is 0.261 e. The first kappa shape index (κ1) is 55.6. The summed E-state index contributed by atoms with van der Waals surface area (Å²) in [7, 11) is -7.99. The molecule has 10 aromatic rings. The van der Waals surface area contributed by atoms with Gasteiger partial charge in [-0.2, -0.15) is 4.39 Å². The van der Waals surface area contributed by atoms with Gasteiger partial charge in [0.05, 0.1) is 72.9 Å². The van der Waals surface area contributed by atoms with E-state index in [-0.39, 0.29) is 31.5 Å². The summed E-state index contributed by atoms with van der Waals surface area (Å²) in [5.74, 6) is -0.964. The Labute approximate surface area is 469 Å². The van der Waals surface area contributed by atoms with Crippen molar-refractivity contribution in [3.8, 4) is 22.3 Å². The molecule has 2 N–H and O–H groups in total. The first-order valence-electron chi connectivity index (χ1n) is 23.4. The van der Waals surface area contributed by atoms with Crippen molar-refractivity contribution in [3.63, 3.8) is 0 Å². The zero-order valence-electron chi connectivity index (χ0n) is 40.8. The normalized spacial score (nSPS) is 13.0. The van der Waals surface area contributed by atoms with Crippen LogP contribution in [-0.2, 0) is 20.0 Å². The first-order chi connectivity index (χ1) is 37.3. The van der Waals surface area contributed by atoms with Gasteiger partial charge in [-0.1, -0.05) is 62.9 Å². The molecule has 0 saturated carbocycles. The Morgan fingerprint density at radius 3 is 1.47 bits per heavy atom. The Hall–Kier alpha value is -7.18. The van der Waals surface area contributed by atoms with Gasteiger partial charge < -0.3 is 4.90 Å². The summed E-state index contributed by atoms with van der Waals surface area (Å²) in [6.45, 7) is 8.14. The molecule has 0 unspecified atom stereocenters. The molecule has 5 aromatic heterocycles. The standard InChI is InChI=1S/C26H26ClFN6O2S.C19H11ClF2N4O2S.C8H4BrClN2/c1-17(2)33-9-11-34(12-10-33)25-16-29-22-8-3-18(13-23(22)31-25)19-14-24(26(27)30-15-19)32-37(35,36)21-6-4-20(28)5-7-21;20-19-17(26-29(27,28)14-4-2-13(21)3-5-14)8-12(9-24-19)11-1-6-15-16(7-11)25-18(22)10-23-15;9-5-1-2-6-7(3-5)12-8(10)4-11-6/h3-8,13-17,32H,9-12H2,1-2H3;1-10,26H;1-4H. The molecule has 1 aliphatic heterocycles. The van der Waals surface area contributed by atoms with E-state index in [1.807, 2.05) is 36.4 Å². The van der Waals surface area contributed by atoms with Crippen LogP contribution in [-0.4, -0.2) is 93.8 Å². The van der Waals surface area contributed by atoms with E-state index < -0.39 is 37.6 Å². The number of piperazine rings is 1. The number of halogens is 7. The van der Waals surface area contributed by atoms with Gasteiger partial charge in [-0.3, -0.25) is 24.3 Å². The zero-order valence-corrected chi connectivity index (χ0v) is 46.3. The topological polar surface area (TPSA) is 202 Å². The molecule has 0 bridgehead atoms. The van der Waals surface area contributed by atoms with Crippen LogP contribution in [0.4, 0.5) is 30.4 Å². The summed E-state index contributed by atoms with van der Waals surface area (Å²) in [6.07, 6.45) is 7.39. The van der Waals surface area contributed by atoms with Crippen LogP contribution < -0.4 is 14.3 Å². The molecule has 1 fully saturated rings. The van der Waals surface area contributed by atoms with Gasteiger partial charge in [-0.05, 0) is 128 Å². The number of hydrogen-bond donors (Lipinski definition) is 2. The van der Waals surface area contributed by atoms with E-state index in [0.29, 0.717) is 38.9 Å². The van der Waals surface area contributed by atoms with Crippen molar-refractivity contribution in [2.45, 2.75) is 29.7 Å². The average Bonchev–Trinajstić information content (AvgIpc) is 3.46. The van der Waals surface area contributed by atoms with E-state index in [1.54, 1.807) is 36.7 Å². The van der Waals surface area contributed by atoms with Gasteiger partial charge in [0.25, 0.3) is 20.0 Å². The van der Waals surface area contributed by atoms with Gasteiger partial charge in [-0.25, -0.2) is 55.5 Å². The number of sulfonamides is 2. The predicted octanol–water partition coefficient (Wildman–Crippen LogP) is 12.3. The summed E-state index contributed by atoms with van der Waals surface area (Å²) < 4.78 is 96.1. The molecule has 6 heterocycles. The lowest BCUT2D eigenvalue weighted by atomic mass is 10.1. The molecule has 5 aromatic carbocycles. The minimum absolute atomic E-state index is 0.00200. The molecule has 16 nitrogen and oxygen atoms in total. The third-order valence-electron chi connectivity index (χ3n) is 12.0. The van der Waals surface area contributed by atoms with Gasteiger partial charge in [0.2, 0.25) is 5.95 Å². The van der Waals surface area contributed by atoms with Gasteiger partial charge in [0.1, 0.15) is 22.6 Å². The van der Waals surface area contributed by atoms with Crippen molar-refractivity contribution in [2.75, 3.05) is 40.5 Å². The zero-order chi connectivity index (χ0) is 55.3. The van der Waals surface area contributed by atoms with Crippen LogP contribution in [0.15, 0.2) is 161 Å². The number of anilines is 3. The van der Waals surface area contributed by atoms with Crippen LogP contribution in [0.3, 0.4) is 0 Å². The Morgan fingerprint density at radius 1 is 0.500 bits per heavy atom. The molecule has 1 aliphatic rings. The maximum absolute atomic E-state index is 13.4. The number of hydrogen-bond acceptors (Lipinski definition) is 14. The maximum atomic E-state index is 13.4. The summed E-state index contributed by atoms with van der Waals surface area (Å²) in [4.78, 5) is 38.1. The summed E-state index contributed by atoms with van der Waals surface area (Å²) in [6, 6.07) is 28.8. The van der Waals surface area contributed by atoms with E-state index in [9.17, 15) is 30.0 Å². The highest BCUT2D eigenvalue weighted by Gasteiger charge is 2.22. The van der Waals surface area contributed by atoms with Crippen molar-refractivity contribution in [3.05, 3.63) is 184 Å². The summed E-state index contributed by atoms with van der Waals surface area (Å²) >= 11 is 21.3. The largest absolute Gasteiger partial charge is 0.353 e. The lowest BCUT2D eigenvalue weighted by molar-refractivity contribution is 0.209. The van der Waals surface area contributed by atoms with Crippen LogP contribution in [0.5, 0.6) is 0 Å². The Balaban J connectivity index is 0.000000159. The molecule has 0 aliphatic carbocycles. The average molecular weight is 1220 g/mol. The van der Waals surface area contributed by atoms with E-state index in [0.717, 1.165) is 107 Å². The molecule has 78 heavy (non-hydrogen) atoms. The smallest absolute Gasteiger partial charge is 0.261 e. The lowest BCUT2D eigenvalue weighted by Crippen LogP contribution is -2.49. The van der Waals surface area contributed by atoms with Crippen molar-refractivity contribution in [1.82, 2.24) is 44.8 Å².